The van der Waals surface area contributed by atoms with E-state index in [0.29, 0.717) is 11.7 Å². The minimum atomic E-state index is -0.162. The lowest BCUT2D eigenvalue weighted by Crippen LogP contribution is -2.33. The van der Waals surface area contributed by atoms with E-state index in [1.165, 1.54) is 0 Å². The molecular weight excluding hydrogens is 542 g/mol. The molecule has 2 aromatic heterocycles. The number of nitrogens with zero attached hydrogens (tertiary/aromatic N) is 3. The van der Waals surface area contributed by atoms with Crippen LogP contribution in [0.5, 0.6) is 5.75 Å². The molecule has 3 aromatic carbocycles. The highest BCUT2D eigenvalue weighted by atomic mass is 32.1. The zero-order chi connectivity index (χ0) is 29.2. The first-order chi connectivity index (χ1) is 20.4. The molecule has 0 aliphatic carbocycles. The van der Waals surface area contributed by atoms with Gasteiger partial charge in [0.15, 0.2) is 5.11 Å². The molecule has 1 fully saturated rings. The molecule has 1 aliphatic rings. The fourth-order valence-corrected chi connectivity index (χ4v) is 6.30. The predicted octanol–water partition coefficient (Wildman–Crippen LogP) is 6.65. The highest BCUT2D eigenvalue weighted by molar-refractivity contribution is 7.80. The molecule has 0 saturated carbocycles. The fraction of sp³-hybridized carbons (Fsp3) is 0.206. The molecule has 7 nitrogen and oxygen atoms in total. The van der Waals surface area contributed by atoms with Gasteiger partial charge < -0.3 is 24.8 Å². The van der Waals surface area contributed by atoms with Crippen molar-refractivity contribution in [3.63, 3.8) is 0 Å². The molecule has 2 atom stereocenters. The van der Waals surface area contributed by atoms with E-state index in [0.717, 1.165) is 50.5 Å². The van der Waals surface area contributed by atoms with Crippen molar-refractivity contribution < 1.29 is 9.53 Å². The van der Waals surface area contributed by atoms with Gasteiger partial charge in [0, 0.05) is 47.3 Å². The molecule has 0 bridgehead atoms. The number of benzene rings is 3. The van der Waals surface area contributed by atoms with Crippen LogP contribution in [0, 0.1) is 13.8 Å². The van der Waals surface area contributed by atoms with Gasteiger partial charge in [0.2, 0.25) is 5.91 Å². The lowest BCUT2D eigenvalue weighted by molar-refractivity contribution is -0.116. The van der Waals surface area contributed by atoms with Crippen molar-refractivity contribution in [3.8, 4) is 11.4 Å². The lowest BCUT2D eigenvalue weighted by Gasteiger charge is -2.28. The third-order valence-corrected chi connectivity index (χ3v) is 8.31. The Kier molecular flexibility index (Phi) is 7.63. The molecule has 42 heavy (non-hydrogen) atoms. The van der Waals surface area contributed by atoms with Gasteiger partial charge in [-0.15, -0.1) is 0 Å². The van der Waals surface area contributed by atoms with E-state index in [1.807, 2.05) is 72.8 Å². The first kappa shape index (κ1) is 27.5. The van der Waals surface area contributed by atoms with Gasteiger partial charge in [-0.1, -0.05) is 42.5 Å². The van der Waals surface area contributed by atoms with Crippen molar-refractivity contribution in [2.24, 2.45) is 0 Å². The summed E-state index contributed by atoms with van der Waals surface area (Å²) in [4.78, 5) is 20.1. The van der Waals surface area contributed by atoms with Crippen LogP contribution in [0.4, 0.5) is 5.69 Å². The number of thiocarbonyl (C=S) groups is 1. The number of anilines is 1. The van der Waals surface area contributed by atoms with Crippen LogP contribution in [-0.2, 0) is 4.79 Å². The van der Waals surface area contributed by atoms with E-state index in [4.69, 9.17) is 17.0 Å². The van der Waals surface area contributed by atoms with Crippen LogP contribution in [0.25, 0.3) is 16.5 Å². The van der Waals surface area contributed by atoms with Crippen LogP contribution >= 0.6 is 12.2 Å². The molecule has 1 amide bonds. The number of aryl methyl sites for hydroxylation is 1. The SMILES string of the molecule is COc1ccc(-n2c(C)cc(C3C(c4ccccn4)NC(=S)N3CCC(=O)Nc3cccc4ccccc34)c2C)cc1. The monoisotopic (exact) mass is 575 g/mol. The number of amides is 1. The third-order valence-electron chi connectivity index (χ3n) is 7.96. The number of aromatic nitrogens is 2. The Hall–Kier alpha value is -4.69. The number of rotatable bonds is 8. The summed E-state index contributed by atoms with van der Waals surface area (Å²) < 4.78 is 7.61. The quantitative estimate of drug-likeness (QED) is 0.202. The van der Waals surface area contributed by atoms with Crippen molar-refractivity contribution in [1.29, 1.82) is 0 Å². The maximum atomic E-state index is 13.2. The highest BCUT2D eigenvalue weighted by Gasteiger charge is 2.41. The Morgan fingerprint density at radius 3 is 2.52 bits per heavy atom. The van der Waals surface area contributed by atoms with E-state index in [-0.39, 0.29) is 24.4 Å². The first-order valence-corrected chi connectivity index (χ1v) is 14.4. The molecule has 5 aromatic rings. The van der Waals surface area contributed by atoms with Crippen LogP contribution in [0.1, 0.15) is 41.1 Å². The molecule has 2 unspecified atom stereocenters. The average molecular weight is 576 g/mol. The van der Waals surface area contributed by atoms with Gasteiger partial charge in [-0.3, -0.25) is 9.78 Å². The number of hydrogen-bond acceptors (Lipinski definition) is 4. The summed E-state index contributed by atoms with van der Waals surface area (Å²) in [5, 5.41) is 9.36. The zero-order valence-corrected chi connectivity index (χ0v) is 24.7. The Morgan fingerprint density at radius 2 is 1.76 bits per heavy atom. The van der Waals surface area contributed by atoms with Gasteiger partial charge >= 0.3 is 0 Å². The number of nitrogens with one attached hydrogen (secondary N) is 2. The molecule has 212 valence electrons. The summed E-state index contributed by atoms with van der Waals surface area (Å²) >= 11 is 5.88. The lowest BCUT2D eigenvalue weighted by atomic mass is 9.96. The zero-order valence-electron chi connectivity index (χ0n) is 23.9. The number of methoxy groups -OCH3 is 1. The second-order valence-electron chi connectivity index (χ2n) is 10.5. The van der Waals surface area contributed by atoms with E-state index >= 15 is 0 Å². The first-order valence-electron chi connectivity index (χ1n) is 14.0. The topological polar surface area (TPSA) is 71.4 Å². The molecule has 8 heteroatoms. The molecule has 0 radical (unpaired) electrons. The van der Waals surface area contributed by atoms with Gasteiger partial charge in [0.25, 0.3) is 0 Å². The van der Waals surface area contributed by atoms with Gasteiger partial charge in [0.05, 0.1) is 24.9 Å². The van der Waals surface area contributed by atoms with Crippen LogP contribution in [0.3, 0.4) is 0 Å². The fourth-order valence-electron chi connectivity index (χ4n) is 5.97. The number of pyridine rings is 1. The Labute approximate surface area is 251 Å². The summed E-state index contributed by atoms with van der Waals surface area (Å²) in [6.45, 7) is 4.70. The molecule has 0 spiro atoms. The molecular formula is C34H33N5O2S. The van der Waals surface area contributed by atoms with E-state index in [2.05, 4.69) is 57.1 Å². The number of carbonyl (C=O) groups excluding carboxylic acids is 1. The second-order valence-corrected chi connectivity index (χ2v) is 10.9. The number of ether oxygens (including phenoxy) is 1. The maximum absolute atomic E-state index is 13.2. The van der Waals surface area contributed by atoms with Crippen molar-refractivity contribution in [1.82, 2.24) is 19.8 Å². The van der Waals surface area contributed by atoms with Crippen molar-refractivity contribution in [2.75, 3.05) is 19.0 Å². The highest BCUT2D eigenvalue weighted by Crippen LogP contribution is 2.41. The Bertz CT molecular complexity index is 1740. The van der Waals surface area contributed by atoms with Crippen molar-refractivity contribution >= 4 is 39.7 Å². The summed E-state index contributed by atoms with van der Waals surface area (Å²) in [6.07, 6.45) is 2.09. The van der Waals surface area contributed by atoms with Crippen molar-refractivity contribution in [3.05, 3.63) is 120 Å². The Balaban J connectivity index is 1.30. The smallest absolute Gasteiger partial charge is 0.226 e. The van der Waals surface area contributed by atoms with Crippen LogP contribution in [0.15, 0.2) is 97.2 Å². The van der Waals surface area contributed by atoms with Crippen LogP contribution < -0.4 is 15.4 Å². The summed E-state index contributed by atoms with van der Waals surface area (Å²) in [5.41, 5.74) is 6.13. The normalized spacial score (nSPS) is 16.5. The maximum Gasteiger partial charge on any atom is 0.226 e. The van der Waals surface area contributed by atoms with E-state index in [9.17, 15) is 4.79 Å². The van der Waals surface area contributed by atoms with Crippen LogP contribution in [0.2, 0.25) is 0 Å². The third kappa shape index (κ3) is 5.21. The molecule has 3 heterocycles. The van der Waals surface area contributed by atoms with Gasteiger partial charge in [-0.2, -0.15) is 0 Å². The minimum Gasteiger partial charge on any atom is -0.497 e. The number of fused-ring (bicyclic) bond motifs is 1. The van der Waals surface area contributed by atoms with Gasteiger partial charge in [-0.05, 0) is 85.5 Å². The summed E-state index contributed by atoms with van der Waals surface area (Å²) in [6, 6.07) is 29.9. The van der Waals surface area contributed by atoms with E-state index < -0.39 is 0 Å². The molecule has 1 aliphatic heterocycles. The minimum absolute atomic E-state index is 0.0575. The van der Waals surface area contributed by atoms with E-state index in [1.54, 1.807) is 13.3 Å². The van der Waals surface area contributed by atoms with Gasteiger partial charge in [0.1, 0.15) is 5.75 Å². The summed E-state index contributed by atoms with van der Waals surface area (Å²) in [5.74, 6) is 0.757. The molecule has 1 saturated heterocycles. The standard InChI is InChI=1S/C34H33N5O2S/c1-22-21-28(23(2)39(22)25-14-16-26(41-3)17-15-25)33-32(30-12-6-7-19-35-30)37-34(42)38(33)20-18-31(40)36-29-13-8-10-24-9-4-5-11-27(24)29/h4-17,19,21,32-33H,18,20H2,1-3H3,(H,36,40)(H,37,42). The average Bonchev–Trinajstić information content (AvgIpc) is 3.50. The number of hydrogen-bond donors (Lipinski definition) is 2. The molecule has 2 N–H and O–H groups in total. The predicted molar refractivity (Wildman–Crippen MR) is 171 cm³/mol. The Morgan fingerprint density at radius 1 is 1.00 bits per heavy atom. The van der Waals surface area contributed by atoms with Crippen LogP contribution in [-0.4, -0.2) is 39.1 Å². The summed E-state index contributed by atoms with van der Waals surface area (Å²) in [7, 11) is 1.67. The molecule has 6 rings (SSSR count). The largest absolute Gasteiger partial charge is 0.497 e. The second kappa shape index (κ2) is 11.7. The van der Waals surface area contributed by atoms with Crippen molar-refractivity contribution in [2.45, 2.75) is 32.4 Å². The van der Waals surface area contributed by atoms with Gasteiger partial charge in [-0.25, -0.2) is 0 Å². The number of carbonyl (C=O) groups is 1.